The van der Waals surface area contributed by atoms with Crippen LogP contribution >= 0.6 is 22.9 Å². The lowest BCUT2D eigenvalue weighted by atomic mass is 10.1. The summed E-state index contributed by atoms with van der Waals surface area (Å²) in [5.41, 5.74) is 1.75. The molecule has 4 nitrogen and oxygen atoms in total. The highest BCUT2D eigenvalue weighted by molar-refractivity contribution is 7.07. The van der Waals surface area contributed by atoms with Gasteiger partial charge in [0.1, 0.15) is 0 Å². The molecule has 6 heteroatoms. The van der Waals surface area contributed by atoms with E-state index in [1.54, 1.807) is 23.5 Å². The van der Waals surface area contributed by atoms with Gasteiger partial charge in [-0.3, -0.25) is 9.69 Å². The number of hydrogen-bond donors (Lipinski definition) is 1. The van der Waals surface area contributed by atoms with E-state index in [9.17, 15) is 4.79 Å². The zero-order valence-corrected chi connectivity index (χ0v) is 14.3. The molecule has 1 atom stereocenters. The molecule has 0 bridgehead atoms. The van der Waals surface area contributed by atoms with Gasteiger partial charge in [-0.05, 0) is 34.5 Å². The van der Waals surface area contributed by atoms with Crippen LogP contribution in [0.3, 0.4) is 0 Å². The maximum absolute atomic E-state index is 12.4. The monoisotopic (exact) mass is 350 g/mol. The van der Waals surface area contributed by atoms with Crippen molar-refractivity contribution in [3.05, 3.63) is 57.2 Å². The Morgan fingerprint density at radius 1 is 1.30 bits per heavy atom. The van der Waals surface area contributed by atoms with Crippen molar-refractivity contribution in [2.75, 3.05) is 32.8 Å². The molecule has 2 aromatic rings. The van der Waals surface area contributed by atoms with Crippen molar-refractivity contribution in [2.45, 2.75) is 6.04 Å². The van der Waals surface area contributed by atoms with Gasteiger partial charge in [0.2, 0.25) is 0 Å². The molecule has 0 spiro atoms. The number of ether oxygens (including phenoxy) is 1. The molecule has 1 aromatic heterocycles. The first kappa shape index (κ1) is 16.5. The summed E-state index contributed by atoms with van der Waals surface area (Å²) in [6.45, 7) is 3.78. The van der Waals surface area contributed by atoms with Crippen molar-refractivity contribution in [2.24, 2.45) is 0 Å². The van der Waals surface area contributed by atoms with Gasteiger partial charge in [-0.15, -0.1) is 0 Å². The smallest absolute Gasteiger partial charge is 0.252 e. The average Bonchev–Trinajstić information content (AvgIpc) is 3.10. The Balaban J connectivity index is 1.69. The van der Waals surface area contributed by atoms with Gasteiger partial charge < -0.3 is 10.1 Å². The van der Waals surface area contributed by atoms with Gasteiger partial charge in [0, 0.05) is 19.6 Å². The molecule has 0 saturated carbocycles. The quantitative estimate of drug-likeness (QED) is 0.900. The second kappa shape index (κ2) is 7.93. The van der Waals surface area contributed by atoms with Crippen molar-refractivity contribution in [1.29, 1.82) is 0 Å². The van der Waals surface area contributed by atoms with E-state index in [0.717, 1.165) is 26.3 Å². The summed E-state index contributed by atoms with van der Waals surface area (Å²) in [6, 6.07) is 9.39. The number of carbonyl (C=O) groups is 1. The molecule has 122 valence electrons. The van der Waals surface area contributed by atoms with Crippen molar-refractivity contribution < 1.29 is 9.53 Å². The molecule has 1 N–H and O–H groups in total. The molecule has 0 unspecified atom stereocenters. The van der Waals surface area contributed by atoms with E-state index >= 15 is 0 Å². The number of nitrogens with zero attached hydrogens (tertiary/aromatic N) is 1. The van der Waals surface area contributed by atoms with Gasteiger partial charge in [0.05, 0.1) is 29.8 Å². The molecular weight excluding hydrogens is 332 g/mol. The van der Waals surface area contributed by atoms with E-state index in [0.29, 0.717) is 17.1 Å². The van der Waals surface area contributed by atoms with E-state index in [-0.39, 0.29) is 11.9 Å². The maximum atomic E-state index is 12.4. The zero-order valence-electron chi connectivity index (χ0n) is 12.7. The van der Waals surface area contributed by atoms with Crippen molar-refractivity contribution in [1.82, 2.24) is 10.2 Å². The first-order valence-electron chi connectivity index (χ1n) is 7.62. The van der Waals surface area contributed by atoms with E-state index in [4.69, 9.17) is 16.3 Å². The van der Waals surface area contributed by atoms with Crippen LogP contribution in [0.25, 0.3) is 0 Å². The molecule has 1 aliphatic rings. The van der Waals surface area contributed by atoms with Crippen LogP contribution in [0.2, 0.25) is 5.02 Å². The number of carbonyl (C=O) groups excluding carboxylic acids is 1. The van der Waals surface area contributed by atoms with Crippen molar-refractivity contribution in [3.8, 4) is 0 Å². The minimum absolute atomic E-state index is 0.135. The van der Waals surface area contributed by atoms with Crippen LogP contribution in [0.5, 0.6) is 0 Å². The number of nitrogens with one attached hydrogen (secondary N) is 1. The van der Waals surface area contributed by atoms with Gasteiger partial charge in [0.15, 0.2) is 0 Å². The number of amides is 1. The van der Waals surface area contributed by atoms with Crippen molar-refractivity contribution >= 4 is 28.8 Å². The average molecular weight is 351 g/mol. The molecule has 23 heavy (non-hydrogen) atoms. The summed E-state index contributed by atoms with van der Waals surface area (Å²) in [7, 11) is 0. The fourth-order valence-electron chi connectivity index (χ4n) is 2.74. The summed E-state index contributed by atoms with van der Waals surface area (Å²) in [6.07, 6.45) is 0. The Labute approximate surface area is 145 Å². The Hall–Kier alpha value is -1.40. The second-order valence-electron chi connectivity index (χ2n) is 5.41. The van der Waals surface area contributed by atoms with Crippen LogP contribution in [-0.4, -0.2) is 43.7 Å². The Morgan fingerprint density at radius 2 is 2.09 bits per heavy atom. The molecule has 2 heterocycles. The number of morpholine rings is 1. The topological polar surface area (TPSA) is 41.6 Å². The molecule has 0 aliphatic carbocycles. The Morgan fingerprint density at radius 3 is 2.78 bits per heavy atom. The fraction of sp³-hybridized carbons (Fsp3) is 0.353. The summed E-state index contributed by atoms with van der Waals surface area (Å²) < 4.78 is 5.43. The number of halogens is 1. The first-order chi connectivity index (χ1) is 11.3. The third-order valence-corrected chi connectivity index (χ3v) is 5.02. The standard InChI is InChI=1S/C17H19ClN2O2S/c18-15-4-2-1-3-14(15)17(21)19-11-16(13-5-10-23-12-13)20-6-8-22-9-7-20/h1-5,10,12,16H,6-9,11H2,(H,19,21)/t16-/m1/s1. The molecule has 1 aromatic carbocycles. The van der Waals surface area contributed by atoms with Crippen LogP contribution in [0.4, 0.5) is 0 Å². The third kappa shape index (κ3) is 4.12. The van der Waals surface area contributed by atoms with Gasteiger partial charge in [-0.25, -0.2) is 0 Å². The highest BCUT2D eigenvalue weighted by Crippen LogP contribution is 2.24. The molecule has 1 aliphatic heterocycles. The molecule has 0 radical (unpaired) electrons. The number of hydrogen-bond acceptors (Lipinski definition) is 4. The molecule has 1 amide bonds. The van der Waals surface area contributed by atoms with Crippen LogP contribution in [0.1, 0.15) is 22.0 Å². The fourth-order valence-corrected chi connectivity index (χ4v) is 3.67. The summed E-state index contributed by atoms with van der Waals surface area (Å²) >= 11 is 7.77. The highest BCUT2D eigenvalue weighted by atomic mass is 35.5. The number of thiophene rings is 1. The van der Waals surface area contributed by atoms with E-state index in [1.807, 2.05) is 12.1 Å². The largest absolute Gasteiger partial charge is 0.379 e. The SMILES string of the molecule is O=C(NC[C@H](c1ccsc1)N1CCOCC1)c1ccccc1Cl. The van der Waals surface area contributed by atoms with Gasteiger partial charge in [-0.2, -0.15) is 11.3 Å². The second-order valence-corrected chi connectivity index (χ2v) is 6.60. The lowest BCUT2D eigenvalue weighted by molar-refractivity contribution is 0.0163. The van der Waals surface area contributed by atoms with E-state index < -0.39 is 0 Å². The van der Waals surface area contributed by atoms with Crippen LogP contribution in [0.15, 0.2) is 41.1 Å². The van der Waals surface area contributed by atoms with Gasteiger partial charge in [-0.1, -0.05) is 23.7 Å². The predicted molar refractivity (Wildman–Crippen MR) is 93.2 cm³/mol. The third-order valence-electron chi connectivity index (χ3n) is 3.99. The van der Waals surface area contributed by atoms with E-state index in [2.05, 4.69) is 27.0 Å². The lowest BCUT2D eigenvalue weighted by Gasteiger charge is -2.34. The molecule has 1 saturated heterocycles. The Bertz CT molecular complexity index is 642. The van der Waals surface area contributed by atoms with Crippen LogP contribution < -0.4 is 5.32 Å². The minimum atomic E-state index is -0.135. The molecule has 3 rings (SSSR count). The molecule has 1 fully saturated rings. The normalized spacial score (nSPS) is 16.9. The summed E-state index contributed by atoms with van der Waals surface area (Å²) in [4.78, 5) is 14.7. The molecular formula is C17H19ClN2O2S. The predicted octanol–water partition coefficient (Wildman–Crippen LogP) is 3.20. The summed E-state index contributed by atoms with van der Waals surface area (Å²) in [5, 5.41) is 7.71. The number of rotatable bonds is 5. The Kier molecular flexibility index (Phi) is 5.67. The summed E-state index contributed by atoms with van der Waals surface area (Å²) in [5.74, 6) is -0.135. The van der Waals surface area contributed by atoms with Gasteiger partial charge >= 0.3 is 0 Å². The zero-order chi connectivity index (χ0) is 16.1. The minimum Gasteiger partial charge on any atom is -0.379 e. The van der Waals surface area contributed by atoms with Crippen LogP contribution in [0, 0.1) is 0 Å². The van der Waals surface area contributed by atoms with Crippen LogP contribution in [-0.2, 0) is 4.74 Å². The number of benzene rings is 1. The lowest BCUT2D eigenvalue weighted by Crippen LogP contribution is -2.43. The van der Waals surface area contributed by atoms with E-state index in [1.165, 1.54) is 5.56 Å². The first-order valence-corrected chi connectivity index (χ1v) is 8.94. The van der Waals surface area contributed by atoms with Crippen molar-refractivity contribution in [3.63, 3.8) is 0 Å². The van der Waals surface area contributed by atoms with Gasteiger partial charge in [0.25, 0.3) is 5.91 Å². The highest BCUT2D eigenvalue weighted by Gasteiger charge is 2.23. The maximum Gasteiger partial charge on any atom is 0.252 e.